The van der Waals surface area contributed by atoms with Crippen LogP contribution in [0.15, 0.2) is 29.4 Å². The number of nitro groups is 1. The van der Waals surface area contributed by atoms with Crippen LogP contribution in [0, 0.1) is 10.1 Å². The molecule has 0 spiro atoms. The van der Waals surface area contributed by atoms with Gasteiger partial charge in [-0.2, -0.15) is 20.1 Å². The Bertz CT molecular complexity index is 877. The van der Waals surface area contributed by atoms with E-state index >= 15 is 0 Å². The molecule has 0 radical (unpaired) electrons. The second kappa shape index (κ2) is 9.41. The largest absolute Gasteiger partial charge is 0.378 e. The van der Waals surface area contributed by atoms with E-state index in [9.17, 15) is 10.1 Å². The summed E-state index contributed by atoms with van der Waals surface area (Å²) in [7, 11) is 0. The Balaban J connectivity index is 1.54. The molecule has 0 bridgehead atoms. The highest BCUT2D eigenvalue weighted by molar-refractivity contribution is 5.81. The summed E-state index contributed by atoms with van der Waals surface area (Å²) in [4.78, 5) is 28.2. The average molecular weight is 414 g/mol. The molecule has 2 aromatic rings. The van der Waals surface area contributed by atoms with E-state index in [0.717, 1.165) is 0 Å². The number of nitro benzene ring substituents is 1. The van der Waals surface area contributed by atoms with Gasteiger partial charge in [0.1, 0.15) is 0 Å². The minimum absolute atomic E-state index is 0.00307. The van der Waals surface area contributed by atoms with E-state index in [1.54, 1.807) is 12.1 Å². The fourth-order valence-corrected chi connectivity index (χ4v) is 3.10. The SMILES string of the molecule is O=[N+]([O-])c1cccc(C=NNc2nc(N3CCOCC3)nc(N3CCOCC3)n2)c1. The average Bonchev–Trinajstić information content (AvgIpc) is 2.80. The number of nitrogens with one attached hydrogen (secondary N) is 1. The fourth-order valence-electron chi connectivity index (χ4n) is 3.10. The number of anilines is 3. The van der Waals surface area contributed by atoms with Crippen molar-refractivity contribution in [2.24, 2.45) is 5.10 Å². The number of rotatable bonds is 6. The molecular weight excluding hydrogens is 392 g/mol. The number of morpholine rings is 2. The van der Waals surface area contributed by atoms with Gasteiger partial charge in [-0.1, -0.05) is 12.1 Å². The number of nitrogens with zero attached hydrogens (tertiary/aromatic N) is 7. The highest BCUT2D eigenvalue weighted by Crippen LogP contribution is 2.19. The van der Waals surface area contributed by atoms with Crippen LogP contribution in [0.2, 0.25) is 0 Å². The van der Waals surface area contributed by atoms with Gasteiger partial charge in [0.2, 0.25) is 17.8 Å². The maximum atomic E-state index is 10.9. The van der Waals surface area contributed by atoms with Crippen molar-refractivity contribution in [2.45, 2.75) is 0 Å². The first-order valence-electron chi connectivity index (χ1n) is 9.64. The van der Waals surface area contributed by atoms with Crippen molar-refractivity contribution in [3.63, 3.8) is 0 Å². The number of hydrazone groups is 1. The molecule has 2 aliphatic heterocycles. The second-order valence-corrected chi connectivity index (χ2v) is 6.68. The van der Waals surface area contributed by atoms with Crippen molar-refractivity contribution < 1.29 is 14.4 Å². The zero-order valence-corrected chi connectivity index (χ0v) is 16.3. The highest BCUT2D eigenvalue weighted by Gasteiger charge is 2.20. The molecule has 0 amide bonds. The number of non-ortho nitro benzene ring substituents is 1. The predicted octanol–water partition coefficient (Wildman–Crippen LogP) is 0.899. The number of hydrogen-bond donors (Lipinski definition) is 1. The fraction of sp³-hybridized carbons (Fsp3) is 0.444. The first kappa shape index (κ1) is 19.9. The smallest absolute Gasteiger partial charge is 0.270 e. The van der Waals surface area contributed by atoms with Gasteiger partial charge in [-0.25, -0.2) is 5.43 Å². The first-order chi connectivity index (χ1) is 14.7. The highest BCUT2D eigenvalue weighted by atomic mass is 16.6. The third-order valence-electron chi connectivity index (χ3n) is 4.66. The van der Waals surface area contributed by atoms with E-state index < -0.39 is 4.92 Å². The zero-order valence-electron chi connectivity index (χ0n) is 16.3. The molecule has 30 heavy (non-hydrogen) atoms. The quantitative estimate of drug-likeness (QED) is 0.413. The molecule has 12 nitrogen and oxygen atoms in total. The zero-order chi connectivity index (χ0) is 20.8. The van der Waals surface area contributed by atoms with Gasteiger partial charge in [-0.15, -0.1) is 0 Å². The second-order valence-electron chi connectivity index (χ2n) is 6.68. The molecule has 2 aliphatic rings. The van der Waals surface area contributed by atoms with Crippen LogP contribution in [-0.2, 0) is 9.47 Å². The predicted molar refractivity (Wildman–Crippen MR) is 110 cm³/mol. The Labute approximate surface area is 172 Å². The van der Waals surface area contributed by atoms with Gasteiger partial charge in [0, 0.05) is 43.9 Å². The minimum atomic E-state index is -0.444. The molecule has 158 valence electrons. The van der Waals surface area contributed by atoms with E-state index in [0.29, 0.717) is 76.0 Å². The topological polar surface area (TPSA) is 131 Å². The van der Waals surface area contributed by atoms with Crippen LogP contribution in [0.4, 0.5) is 23.5 Å². The van der Waals surface area contributed by atoms with Crippen molar-refractivity contribution in [3.8, 4) is 0 Å². The van der Waals surface area contributed by atoms with E-state index in [1.807, 2.05) is 9.80 Å². The summed E-state index contributed by atoms with van der Waals surface area (Å²) in [6.45, 7) is 5.26. The van der Waals surface area contributed by atoms with Crippen LogP contribution in [0.1, 0.15) is 5.56 Å². The molecule has 0 atom stereocenters. The molecule has 1 N–H and O–H groups in total. The maximum Gasteiger partial charge on any atom is 0.270 e. The minimum Gasteiger partial charge on any atom is -0.378 e. The lowest BCUT2D eigenvalue weighted by Crippen LogP contribution is -2.40. The molecule has 0 saturated carbocycles. The van der Waals surface area contributed by atoms with E-state index in [-0.39, 0.29) is 5.69 Å². The van der Waals surface area contributed by atoms with Crippen LogP contribution >= 0.6 is 0 Å². The van der Waals surface area contributed by atoms with Crippen molar-refractivity contribution in [3.05, 3.63) is 39.9 Å². The number of hydrogen-bond acceptors (Lipinski definition) is 11. The third-order valence-corrected chi connectivity index (χ3v) is 4.66. The van der Waals surface area contributed by atoms with Crippen molar-refractivity contribution in [1.82, 2.24) is 15.0 Å². The molecule has 12 heteroatoms. The van der Waals surface area contributed by atoms with Crippen molar-refractivity contribution in [1.29, 1.82) is 0 Å². The van der Waals surface area contributed by atoms with Gasteiger partial charge in [0.25, 0.3) is 5.69 Å². The Morgan fingerprint density at radius 2 is 1.60 bits per heavy atom. The molecule has 2 saturated heterocycles. The summed E-state index contributed by atoms with van der Waals surface area (Å²) in [5, 5.41) is 15.1. The lowest BCUT2D eigenvalue weighted by atomic mass is 10.2. The Morgan fingerprint density at radius 3 is 2.17 bits per heavy atom. The summed E-state index contributed by atoms with van der Waals surface area (Å²) in [6, 6.07) is 6.20. The van der Waals surface area contributed by atoms with E-state index in [1.165, 1.54) is 18.3 Å². The third kappa shape index (κ3) is 4.96. The molecule has 1 aromatic heterocycles. The monoisotopic (exact) mass is 414 g/mol. The molecule has 0 aliphatic carbocycles. The van der Waals surface area contributed by atoms with Crippen LogP contribution in [0.25, 0.3) is 0 Å². The number of ether oxygens (including phenoxy) is 2. The van der Waals surface area contributed by atoms with Crippen molar-refractivity contribution >= 4 is 29.7 Å². The van der Waals surface area contributed by atoms with E-state index in [2.05, 4.69) is 25.5 Å². The maximum absolute atomic E-state index is 10.9. The van der Waals surface area contributed by atoms with Gasteiger partial charge >= 0.3 is 0 Å². The van der Waals surface area contributed by atoms with Crippen LogP contribution in [0.3, 0.4) is 0 Å². The lowest BCUT2D eigenvalue weighted by Gasteiger charge is -2.30. The van der Waals surface area contributed by atoms with Crippen LogP contribution in [-0.4, -0.2) is 78.7 Å². The molecule has 2 fully saturated rings. The standard InChI is InChI=1S/C18H22N8O4/c27-26(28)15-3-1-2-14(12-15)13-19-23-16-20-17(24-4-8-29-9-5-24)22-18(21-16)25-6-10-30-11-7-25/h1-3,12-13H,4-11H2,(H,20,21,22,23). The Kier molecular flexibility index (Phi) is 6.25. The number of aromatic nitrogens is 3. The molecule has 0 unspecified atom stereocenters. The van der Waals surface area contributed by atoms with Gasteiger partial charge < -0.3 is 19.3 Å². The summed E-state index contributed by atoms with van der Waals surface area (Å²) in [6.07, 6.45) is 1.49. The summed E-state index contributed by atoms with van der Waals surface area (Å²) < 4.78 is 10.8. The van der Waals surface area contributed by atoms with Gasteiger partial charge in [-0.3, -0.25) is 10.1 Å². The Morgan fingerprint density at radius 1 is 1.00 bits per heavy atom. The molecule has 4 rings (SSSR count). The summed E-state index contributed by atoms with van der Waals surface area (Å²) in [5.74, 6) is 1.42. The molecule has 3 heterocycles. The van der Waals surface area contributed by atoms with E-state index in [4.69, 9.17) is 9.47 Å². The lowest BCUT2D eigenvalue weighted by molar-refractivity contribution is -0.384. The normalized spacial score (nSPS) is 17.3. The summed E-state index contributed by atoms with van der Waals surface area (Å²) in [5.41, 5.74) is 3.42. The van der Waals surface area contributed by atoms with Crippen LogP contribution in [0.5, 0.6) is 0 Å². The number of benzene rings is 1. The van der Waals surface area contributed by atoms with Gasteiger partial charge in [0.05, 0.1) is 37.6 Å². The Hall–Kier alpha value is -3.38. The summed E-state index contributed by atoms with van der Waals surface area (Å²) >= 11 is 0. The molecule has 1 aromatic carbocycles. The molecular formula is C18H22N8O4. The van der Waals surface area contributed by atoms with Gasteiger partial charge in [0.15, 0.2) is 0 Å². The first-order valence-corrected chi connectivity index (χ1v) is 9.64. The van der Waals surface area contributed by atoms with Crippen LogP contribution < -0.4 is 15.2 Å². The van der Waals surface area contributed by atoms with Crippen molar-refractivity contribution in [2.75, 3.05) is 67.8 Å². The van der Waals surface area contributed by atoms with Gasteiger partial charge in [-0.05, 0) is 0 Å².